The maximum Gasteiger partial charge on any atom is 0.319 e. The van der Waals surface area contributed by atoms with Gasteiger partial charge in [-0.05, 0) is 61.1 Å². The number of carbonyl (C=O) groups is 1. The minimum Gasteiger partial charge on any atom is -0.375 e. The zero-order chi connectivity index (χ0) is 18.6. The maximum atomic E-state index is 12.2. The van der Waals surface area contributed by atoms with Crippen LogP contribution in [0.4, 0.5) is 16.3 Å². The highest BCUT2D eigenvalue weighted by Gasteiger charge is 2.17. The van der Waals surface area contributed by atoms with E-state index in [1.54, 1.807) is 0 Å². The van der Waals surface area contributed by atoms with Crippen LogP contribution in [0, 0.1) is 0 Å². The van der Waals surface area contributed by atoms with Crippen molar-refractivity contribution in [2.24, 2.45) is 0 Å². The van der Waals surface area contributed by atoms with Crippen LogP contribution in [-0.4, -0.2) is 36.8 Å². The summed E-state index contributed by atoms with van der Waals surface area (Å²) >= 11 is 0. The first-order valence-corrected chi connectivity index (χ1v) is 9.65. The summed E-state index contributed by atoms with van der Waals surface area (Å²) in [4.78, 5) is 18.9. The van der Waals surface area contributed by atoms with E-state index in [0.29, 0.717) is 6.54 Å². The molecule has 0 saturated carbocycles. The van der Waals surface area contributed by atoms with Gasteiger partial charge in [0.2, 0.25) is 0 Å². The van der Waals surface area contributed by atoms with Gasteiger partial charge in [-0.25, -0.2) is 9.78 Å². The van der Waals surface area contributed by atoms with Crippen molar-refractivity contribution in [1.29, 1.82) is 0 Å². The Morgan fingerprint density at radius 3 is 2.96 bits per heavy atom. The molecule has 1 saturated heterocycles. The molecule has 0 bridgehead atoms. The molecule has 142 valence electrons. The summed E-state index contributed by atoms with van der Waals surface area (Å²) in [6.45, 7) is 4.97. The molecule has 1 aromatic carbocycles. The lowest BCUT2D eigenvalue weighted by Gasteiger charge is -2.32. The van der Waals surface area contributed by atoms with Gasteiger partial charge in [0.25, 0.3) is 0 Å². The van der Waals surface area contributed by atoms with Gasteiger partial charge in [0.05, 0.1) is 12.7 Å². The van der Waals surface area contributed by atoms with Gasteiger partial charge in [-0.3, -0.25) is 0 Å². The van der Waals surface area contributed by atoms with Crippen LogP contribution in [0.3, 0.4) is 0 Å². The number of morpholine rings is 1. The Kier molecular flexibility index (Phi) is 5.25. The fourth-order valence-corrected chi connectivity index (χ4v) is 3.74. The molecule has 4 rings (SSSR count). The first-order valence-electron chi connectivity index (χ1n) is 9.65. The van der Waals surface area contributed by atoms with E-state index in [0.717, 1.165) is 49.6 Å². The summed E-state index contributed by atoms with van der Waals surface area (Å²) in [5.41, 5.74) is 4.58. The van der Waals surface area contributed by atoms with Gasteiger partial charge in [-0.15, -0.1) is 0 Å². The number of aryl methyl sites for hydroxylation is 2. The summed E-state index contributed by atoms with van der Waals surface area (Å²) in [7, 11) is 0. The number of ether oxygens (including phenoxy) is 1. The third-order valence-corrected chi connectivity index (χ3v) is 5.18. The average Bonchev–Trinajstić information content (AvgIpc) is 3.15. The van der Waals surface area contributed by atoms with Crippen molar-refractivity contribution in [3.8, 4) is 0 Å². The summed E-state index contributed by atoms with van der Waals surface area (Å²) < 4.78 is 5.57. The molecule has 1 unspecified atom stereocenters. The number of carbonyl (C=O) groups excluding carboxylic acids is 1. The molecule has 2 heterocycles. The standard InChI is InChI=1S/C21H26N4O2/c1-15-14-25(9-10-27-15)20-8-5-16(12-22-20)13-23-21(26)24-19-7-6-17-3-2-4-18(17)11-19/h5-8,11-12,15H,2-4,9-10,13-14H2,1H3,(H2,23,24,26). The fraction of sp³-hybridized carbons (Fsp3) is 0.429. The lowest BCUT2D eigenvalue weighted by Crippen LogP contribution is -2.41. The second-order valence-corrected chi connectivity index (χ2v) is 7.30. The van der Waals surface area contributed by atoms with Gasteiger partial charge in [0.1, 0.15) is 5.82 Å². The van der Waals surface area contributed by atoms with Gasteiger partial charge in [0, 0.05) is 31.5 Å². The van der Waals surface area contributed by atoms with Gasteiger partial charge < -0.3 is 20.3 Å². The Morgan fingerprint density at radius 1 is 1.26 bits per heavy atom. The van der Waals surface area contributed by atoms with E-state index in [1.807, 2.05) is 24.4 Å². The molecule has 6 heteroatoms. The number of urea groups is 1. The number of pyridine rings is 1. The average molecular weight is 366 g/mol. The van der Waals surface area contributed by atoms with Crippen LogP contribution in [0.1, 0.15) is 30.0 Å². The first kappa shape index (κ1) is 17.8. The maximum absolute atomic E-state index is 12.2. The van der Waals surface area contributed by atoms with Crippen LogP contribution in [0.25, 0.3) is 0 Å². The van der Waals surface area contributed by atoms with Crippen molar-refractivity contribution in [3.63, 3.8) is 0 Å². The van der Waals surface area contributed by atoms with Crippen molar-refractivity contribution in [3.05, 3.63) is 53.2 Å². The molecule has 0 spiro atoms. The van der Waals surface area contributed by atoms with Crippen LogP contribution in [0.15, 0.2) is 36.5 Å². The Hall–Kier alpha value is -2.60. The number of amides is 2. The lowest BCUT2D eigenvalue weighted by atomic mass is 10.1. The van der Waals surface area contributed by atoms with Crippen LogP contribution < -0.4 is 15.5 Å². The van der Waals surface area contributed by atoms with Crippen molar-refractivity contribution in [2.75, 3.05) is 29.9 Å². The number of benzene rings is 1. The zero-order valence-corrected chi connectivity index (χ0v) is 15.7. The predicted octanol–water partition coefficient (Wildman–Crippen LogP) is 3.12. The first-order chi connectivity index (χ1) is 13.2. The predicted molar refractivity (Wildman–Crippen MR) is 106 cm³/mol. The summed E-state index contributed by atoms with van der Waals surface area (Å²) in [6, 6.07) is 10.0. The second kappa shape index (κ2) is 7.96. The lowest BCUT2D eigenvalue weighted by molar-refractivity contribution is 0.0529. The largest absolute Gasteiger partial charge is 0.375 e. The summed E-state index contributed by atoms with van der Waals surface area (Å²) in [5.74, 6) is 0.955. The molecule has 6 nitrogen and oxygen atoms in total. The van der Waals surface area contributed by atoms with Gasteiger partial charge in [-0.1, -0.05) is 12.1 Å². The number of fused-ring (bicyclic) bond motifs is 1. The van der Waals surface area contributed by atoms with Crippen LogP contribution in [0.5, 0.6) is 0 Å². The number of aromatic nitrogens is 1. The highest BCUT2D eigenvalue weighted by molar-refractivity contribution is 5.89. The molecule has 0 radical (unpaired) electrons. The van der Waals surface area contributed by atoms with E-state index >= 15 is 0 Å². The van der Waals surface area contributed by atoms with Crippen molar-refractivity contribution < 1.29 is 9.53 Å². The molecule has 1 aliphatic heterocycles. The Morgan fingerprint density at radius 2 is 2.15 bits per heavy atom. The fourth-order valence-electron chi connectivity index (χ4n) is 3.74. The monoisotopic (exact) mass is 366 g/mol. The SMILES string of the molecule is CC1CN(c2ccc(CNC(=O)Nc3ccc4c(c3)CCC4)cn2)CCO1. The Balaban J connectivity index is 1.28. The number of nitrogens with zero attached hydrogens (tertiary/aromatic N) is 2. The molecule has 2 N–H and O–H groups in total. The van der Waals surface area contributed by atoms with E-state index in [2.05, 4.69) is 39.6 Å². The second-order valence-electron chi connectivity index (χ2n) is 7.30. The number of rotatable bonds is 4. The molecule has 1 aliphatic carbocycles. The smallest absolute Gasteiger partial charge is 0.319 e. The van der Waals surface area contributed by atoms with Crippen LogP contribution in [-0.2, 0) is 24.1 Å². The third kappa shape index (κ3) is 4.39. The van der Waals surface area contributed by atoms with E-state index < -0.39 is 0 Å². The Bertz CT molecular complexity index is 806. The molecular formula is C21H26N4O2. The van der Waals surface area contributed by atoms with Crippen molar-refractivity contribution in [1.82, 2.24) is 10.3 Å². The molecule has 2 amide bonds. The number of hydrogen-bond donors (Lipinski definition) is 2. The number of nitrogens with one attached hydrogen (secondary N) is 2. The van der Waals surface area contributed by atoms with Gasteiger partial charge >= 0.3 is 6.03 Å². The van der Waals surface area contributed by atoms with Crippen LogP contribution in [0.2, 0.25) is 0 Å². The van der Waals surface area contributed by atoms with E-state index in [-0.39, 0.29) is 12.1 Å². The zero-order valence-electron chi connectivity index (χ0n) is 15.7. The third-order valence-electron chi connectivity index (χ3n) is 5.18. The van der Waals surface area contributed by atoms with Gasteiger partial charge in [-0.2, -0.15) is 0 Å². The van der Waals surface area contributed by atoms with Crippen molar-refractivity contribution >= 4 is 17.5 Å². The van der Waals surface area contributed by atoms with E-state index in [9.17, 15) is 4.79 Å². The molecule has 27 heavy (non-hydrogen) atoms. The molecular weight excluding hydrogens is 340 g/mol. The topological polar surface area (TPSA) is 66.5 Å². The van der Waals surface area contributed by atoms with E-state index in [1.165, 1.54) is 17.5 Å². The summed E-state index contributed by atoms with van der Waals surface area (Å²) in [6.07, 6.45) is 5.51. The normalized spacial score (nSPS) is 18.9. The number of hydrogen-bond acceptors (Lipinski definition) is 4. The minimum atomic E-state index is -0.195. The van der Waals surface area contributed by atoms with Crippen LogP contribution >= 0.6 is 0 Å². The molecule has 2 aromatic rings. The Labute approximate surface area is 159 Å². The highest BCUT2D eigenvalue weighted by Crippen LogP contribution is 2.24. The number of anilines is 2. The summed E-state index contributed by atoms with van der Waals surface area (Å²) in [5, 5.41) is 5.81. The highest BCUT2D eigenvalue weighted by atomic mass is 16.5. The molecule has 1 fully saturated rings. The molecule has 2 aliphatic rings. The van der Waals surface area contributed by atoms with E-state index in [4.69, 9.17) is 4.74 Å². The van der Waals surface area contributed by atoms with Crippen molar-refractivity contribution in [2.45, 2.75) is 38.8 Å². The quantitative estimate of drug-likeness (QED) is 0.873. The molecule has 1 atom stereocenters. The minimum absolute atomic E-state index is 0.195. The molecule has 1 aromatic heterocycles. The van der Waals surface area contributed by atoms with Gasteiger partial charge in [0.15, 0.2) is 0 Å².